The quantitative estimate of drug-likeness (QED) is 0.406. The zero-order chi connectivity index (χ0) is 23.1. The zero-order valence-electron chi connectivity index (χ0n) is 17.5. The summed E-state index contributed by atoms with van der Waals surface area (Å²) in [5, 5.41) is 5.25. The van der Waals surface area contributed by atoms with Gasteiger partial charge in [-0.25, -0.2) is 9.59 Å². The molecule has 3 rings (SSSR count). The Balaban J connectivity index is 1.80. The van der Waals surface area contributed by atoms with Gasteiger partial charge >= 0.3 is 22.1 Å². The lowest BCUT2D eigenvalue weighted by atomic mass is 10.2. The lowest BCUT2D eigenvalue weighted by Gasteiger charge is -2.13. The van der Waals surface area contributed by atoms with Crippen molar-refractivity contribution in [1.29, 1.82) is 0 Å². The highest BCUT2D eigenvalue weighted by atomic mass is 32.2. The molecular weight excluding hydrogens is 432 g/mol. The third kappa shape index (κ3) is 6.32. The molecule has 3 aromatic carbocycles. The minimum absolute atomic E-state index is 0.0892. The van der Waals surface area contributed by atoms with E-state index in [1.807, 2.05) is 19.1 Å². The second-order valence-electron chi connectivity index (χ2n) is 6.92. The number of esters is 1. The van der Waals surface area contributed by atoms with Gasteiger partial charge in [-0.05, 0) is 36.8 Å². The fraction of sp³-hybridized carbons (Fsp3) is 0.130. The van der Waals surface area contributed by atoms with E-state index in [0.717, 1.165) is 5.56 Å². The number of carbonyl (C=O) groups excluding carboxylic acids is 2. The van der Waals surface area contributed by atoms with E-state index < -0.39 is 22.1 Å². The molecule has 0 heterocycles. The first-order valence-corrected chi connectivity index (χ1v) is 11.2. The lowest BCUT2D eigenvalue weighted by molar-refractivity contribution is 0.0599. The number of ether oxygens (including phenoxy) is 1. The highest BCUT2D eigenvalue weighted by molar-refractivity contribution is 7.86. The van der Waals surface area contributed by atoms with Crippen LogP contribution in [0.4, 0.5) is 16.2 Å². The van der Waals surface area contributed by atoms with Gasteiger partial charge in [0.25, 0.3) is 0 Å². The summed E-state index contributed by atoms with van der Waals surface area (Å²) in [6.07, 6.45) is 0. The number of carbonyl (C=O) groups is 2. The Morgan fingerprint density at radius 2 is 1.50 bits per heavy atom. The molecule has 2 amide bonds. The highest BCUT2D eigenvalue weighted by Gasteiger charge is 2.21. The average Bonchev–Trinajstić information content (AvgIpc) is 2.75. The molecule has 0 radical (unpaired) electrons. The minimum atomic E-state index is -4.09. The van der Waals surface area contributed by atoms with Gasteiger partial charge in [-0.3, -0.25) is 0 Å². The van der Waals surface area contributed by atoms with E-state index in [2.05, 4.69) is 10.6 Å². The van der Waals surface area contributed by atoms with Crippen LogP contribution in [0.15, 0.2) is 72.8 Å². The predicted molar refractivity (Wildman–Crippen MR) is 121 cm³/mol. The number of aryl methyl sites for hydroxylation is 1. The topological polar surface area (TPSA) is 111 Å². The molecule has 0 bridgehead atoms. The normalized spacial score (nSPS) is 10.8. The maximum Gasteiger partial charge on any atom is 0.341 e. The molecule has 0 unspecified atom stereocenters. The third-order valence-electron chi connectivity index (χ3n) is 4.36. The van der Waals surface area contributed by atoms with Crippen molar-refractivity contribution in [2.45, 2.75) is 12.7 Å². The number of nitrogens with one attached hydrogen (secondary N) is 2. The van der Waals surface area contributed by atoms with E-state index in [4.69, 9.17) is 8.92 Å². The summed E-state index contributed by atoms with van der Waals surface area (Å²) >= 11 is 0. The highest BCUT2D eigenvalue weighted by Crippen LogP contribution is 2.27. The molecule has 9 heteroatoms. The van der Waals surface area contributed by atoms with Crippen LogP contribution in [-0.2, 0) is 20.6 Å². The van der Waals surface area contributed by atoms with Crippen LogP contribution in [0, 0.1) is 6.92 Å². The van der Waals surface area contributed by atoms with Crippen molar-refractivity contribution in [3.05, 3.63) is 89.5 Å². The fourth-order valence-corrected chi connectivity index (χ4v) is 3.89. The van der Waals surface area contributed by atoms with Gasteiger partial charge in [0.2, 0.25) is 0 Å². The molecule has 166 valence electrons. The van der Waals surface area contributed by atoms with E-state index in [-0.39, 0.29) is 22.8 Å². The number of hydrogen-bond donors (Lipinski definition) is 2. The smallest absolute Gasteiger partial charge is 0.341 e. The van der Waals surface area contributed by atoms with Gasteiger partial charge in [-0.15, -0.1) is 0 Å². The number of benzene rings is 3. The molecule has 2 N–H and O–H groups in total. The second kappa shape index (κ2) is 9.97. The molecule has 3 aromatic rings. The SMILES string of the molecule is COC(=O)c1ccc(NC(=O)Nc2ccc(C)cc2)cc1OS(=O)(=O)Cc1ccccc1. The molecule has 8 nitrogen and oxygen atoms in total. The largest absolute Gasteiger partial charge is 0.465 e. The van der Waals surface area contributed by atoms with E-state index in [1.165, 1.54) is 25.3 Å². The van der Waals surface area contributed by atoms with Gasteiger partial charge in [0, 0.05) is 17.4 Å². The van der Waals surface area contributed by atoms with Crippen LogP contribution in [0.1, 0.15) is 21.5 Å². The minimum Gasteiger partial charge on any atom is -0.465 e. The molecular formula is C23H22N2O6S. The number of anilines is 2. The predicted octanol–water partition coefficient (Wildman–Crippen LogP) is 4.33. The van der Waals surface area contributed by atoms with Crippen LogP contribution in [0.2, 0.25) is 0 Å². The molecule has 0 saturated heterocycles. The number of urea groups is 1. The first-order chi connectivity index (χ1) is 15.3. The number of methoxy groups -OCH3 is 1. The maximum absolute atomic E-state index is 12.6. The Labute approximate surface area is 186 Å². The van der Waals surface area contributed by atoms with Gasteiger partial charge in [0.05, 0.1) is 7.11 Å². The number of hydrogen-bond acceptors (Lipinski definition) is 6. The van der Waals surface area contributed by atoms with Crippen molar-refractivity contribution in [1.82, 2.24) is 0 Å². The summed E-state index contributed by atoms with van der Waals surface area (Å²) in [5.74, 6) is -1.41. The third-order valence-corrected chi connectivity index (χ3v) is 5.48. The van der Waals surface area contributed by atoms with Crippen LogP contribution >= 0.6 is 0 Å². The summed E-state index contributed by atoms with van der Waals surface area (Å²) in [6.45, 7) is 1.93. The monoisotopic (exact) mass is 454 g/mol. The van der Waals surface area contributed by atoms with Crippen LogP contribution in [0.25, 0.3) is 0 Å². The molecule has 0 aliphatic carbocycles. The van der Waals surface area contributed by atoms with Crippen molar-refractivity contribution in [2.75, 3.05) is 17.7 Å². The Hall–Kier alpha value is -3.85. The van der Waals surface area contributed by atoms with Gasteiger partial charge in [0.15, 0.2) is 5.75 Å². The Bertz CT molecular complexity index is 1210. The first-order valence-electron chi connectivity index (χ1n) is 9.59. The van der Waals surface area contributed by atoms with Crippen LogP contribution in [0.3, 0.4) is 0 Å². The Morgan fingerprint density at radius 1 is 0.875 bits per heavy atom. The second-order valence-corrected chi connectivity index (χ2v) is 8.49. The standard InChI is InChI=1S/C23H22N2O6S/c1-16-8-10-18(11-9-16)24-23(27)25-19-12-13-20(22(26)30-2)21(14-19)31-32(28,29)15-17-6-4-3-5-7-17/h3-14H,15H2,1-2H3,(H2,24,25,27). The zero-order valence-corrected chi connectivity index (χ0v) is 18.3. The molecule has 0 atom stereocenters. The summed E-state index contributed by atoms with van der Waals surface area (Å²) in [7, 11) is -2.91. The van der Waals surface area contributed by atoms with Gasteiger partial charge in [-0.1, -0.05) is 48.0 Å². The van der Waals surface area contributed by atoms with E-state index in [1.54, 1.807) is 42.5 Å². The molecule has 0 aliphatic rings. The summed E-state index contributed by atoms with van der Waals surface area (Å²) < 4.78 is 35.0. The van der Waals surface area contributed by atoms with Gasteiger partial charge < -0.3 is 19.6 Å². The van der Waals surface area contributed by atoms with Crippen molar-refractivity contribution in [3.8, 4) is 5.75 Å². The molecule has 32 heavy (non-hydrogen) atoms. The van der Waals surface area contributed by atoms with Crippen molar-refractivity contribution in [2.24, 2.45) is 0 Å². The van der Waals surface area contributed by atoms with Crippen LogP contribution in [-0.4, -0.2) is 27.5 Å². The molecule has 0 spiro atoms. The maximum atomic E-state index is 12.6. The molecule has 0 aromatic heterocycles. The number of amides is 2. The molecule has 0 aliphatic heterocycles. The van der Waals surface area contributed by atoms with Crippen molar-refractivity contribution in [3.63, 3.8) is 0 Å². The van der Waals surface area contributed by atoms with Crippen molar-refractivity contribution >= 4 is 33.5 Å². The lowest BCUT2D eigenvalue weighted by Crippen LogP contribution is -2.20. The Morgan fingerprint density at radius 3 is 2.16 bits per heavy atom. The van der Waals surface area contributed by atoms with E-state index in [0.29, 0.717) is 11.3 Å². The fourth-order valence-electron chi connectivity index (χ4n) is 2.82. The summed E-state index contributed by atoms with van der Waals surface area (Å²) in [6, 6.07) is 19.2. The van der Waals surface area contributed by atoms with E-state index >= 15 is 0 Å². The number of rotatable bonds is 7. The molecule has 0 saturated carbocycles. The van der Waals surface area contributed by atoms with E-state index in [9.17, 15) is 18.0 Å². The van der Waals surface area contributed by atoms with Gasteiger partial charge in [0.1, 0.15) is 11.3 Å². The van der Waals surface area contributed by atoms with Gasteiger partial charge in [-0.2, -0.15) is 8.42 Å². The average molecular weight is 455 g/mol. The summed E-state index contributed by atoms with van der Waals surface area (Å²) in [4.78, 5) is 24.4. The first kappa shape index (κ1) is 22.8. The van der Waals surface area contributed by atoms with Crippen LogP contribution in [0.5, 0.6) is 5.75 Å². The van der Waals surface area contributed by atoms with Crippen LogP contribution < -0.4 is 14.8 Å². The molecule has 0 fully saturated rings. The summed E-state index contributed by atoms with van der Waals surface area (Å²) in [5.41, 5.74) is 2.30. The Kier molecular flexibility index (Phi) is 7.11. The van der Waals surface area contributed by atoms with Crippen molar-refractivity contribution < 1.29 is 26.9 Å².